The lowest BCUT2D eigenvalue weighted by atomic mass is 9.83. The lowest BCUT2D eigenvalue weighted by Crippen LogP contribution is -2.47. The van der Waals surface area contributed by atoms with Crippen LogP contribution in [0.1, 0.15) is 52.9 Å². The molecule has 1 atom stereocenters. The van der Waals surface area contributed by atoms with Crippen LogP contribution in [0.4, 0.5) is 0 Å². The van der Waals surface area contributed by atoms with Crippen molar-refractivity contribution in [3.05, 3.63) is 0 Å². The summed E-state index contributed by atoms with van der Waals surface area (Å²) < 4.78 is 0. The molecule has 0 bridgehead atoms. The summed E-state index contributed by atoms with van der Waals surface area (Å²) in [5.74, 6) is -0.108. The molecule has 108 valence electrons. The van der Waals surface area contributed by atoms with E-state index in [1.807, 2.05) is 13.8 Å². The number of carbonyl (C=O) groups is 1. The summed E-state index contributed by atoms with van der Waals surface area (Å²) in [4.78, 5) is 14.6. The molecule has 0 aromatic carbocycles. The maximum absolute atomic E-state index is 12.2. The van der Waals surface area contributed by atoms with E-state index in [0.29, 0.717) is 25.4 Å². The van der Waals surface area contributed by atoms with Gasteiger partial charge >= 0.3 is 0 Å². The van der Waals surface area contributed by atoms with Crippen LogP contribution in [-0.4, -0.2) is 36.5 Å². The second kappa shape index (κ2) is 7.49. The van der Waals surface area contributed by atoms with E-state index in [1.165, 1.54) is 19.3 Å². The highest BCUT2D eigenvalue weighted by Crippen LogP contribution is 2.25. The SMILES string of the molecule is CCC(C#N)(CC)C(=O)NCC(C)N1CCCCC1. The smallest absolute Gasteiger partial charge is 0.240 e. The van der Waals surface area contributed by atoms with Gasteiger partial charge < -0.3 is 5.32 Å². The Kier molecular flexibility index (Phi) is 6.30. The van der Waals surface area contributed by atoms with Gasteiger partial charge in [-0.3, -0.25) is 9.69 Å². The van der Waals surface area contributed by atoms with Crippen molar-refractivity contribution in [1.82, 2.24) is 10.2 Å². The van der Waals surface area contributed by atoms with Gasteiger partial charge in [-0.1, -0.05) is 20.3 Å². The fraction of sp³-hybridized carbons (Fsp3) is 0.867. The molecule has 0 aromatic heterocycles. The Balaban J connectivity index is 2.46. The van der Waals surface area contributed by atoms with Gasteiger partial charge in [0.1, 0.15) is 5.41 Å². The van der Waals surface area contributed by atoms with Gasteiger partial charge in [-0.25, -0.2) is 0 Å². The summed E-state index contributed by atoms with van der Waals surface area (Å²) >= 11 is 0. The number of nitrogens with zero attached hydrogens (tertiary/aromatic N) is 2. The highest BCUT2D eigenvalue weighted by Gasteiger charge is 2.35. The van der Waals surface area contributed by atoms with Crippen molar-refractivity contribution in [3.63, 3.8) is 0 Å². The molecular formula is C15H27N3O. The van der Waals surface area contributed by atoms with Crippen molar-refractivity contribution < 1.29 is 4.79 Å². The molecule has 0 aliphatic carbocycles. The molecule has 1 aliphatic rings. The van der Waals surface area contributed by atoms with Gasteiger partial charge in [0, 0.05) is 12.6 Å². The number of hydrogen-bond acceptors (Lipinski definition) is 3. The van der Waals surface area contributed by atoms with E-state index in [2.05, 4.69) is 23.2 Å². The van der Waals surface area contributed by atoms with Crippen LogP contribution >= 0.6 is 0 Å². The van der Waals surface area contributed by atoms with Gasteiger partial charge in [0.25, 0.3) is 0 Å². The maximum atomic E-state index is 12.2. The third-order valence-corrected chi connectivity index (χ3v) is 4.43. The lowest BCUT2D eigenvalue weighted by Gasteiger charge is -2.33. The summed E-state index contributed by atoms with van der Waals surface area (Å²) in [5.41, 5.74) is -0.846. The van der Waals surface area contributed by atoms with Crippen molar-refractivity contribution in [3.8, 4) is 6.07 Å². The van der Waals surface area contributed by atoms with Crippen LogP contribution in [-0.2, 0) is 4.79 Å². The molecule has 1 amide bonds. The molecule has 1 unspecified atom stereocenters. The minimum absolute atomic E-state index is 0.108. The van der Waals surface area contributed by atoms with Gasteiger partial charge in [-0.05, 0) is 45.7 Å². The maximum Gasteiger partial charge on any atom is 0.240 e. The van der Waals surface area contributed by atoms with Gasteiger partial charge in [-0.15, -0.1) is 0 Å². The van der Waals surface area contributed by atoms with Gasteiger partial charge in [0.05, 0.1) is 6.07 Å². The molecule has 0 radical (unpaired) electrons. The second-order valence-electron chi connectivity index (χ2n) is 5.56. The molecule has 0 spiro atoms. The second-order valence-corrected chi connectivity index (χ2v) is 5.56. The molecule has 1 fully saturated rings. The topological polar surface area (TPSA) is 56.1 Å². The molecule has 4 heteroatoms. The van der Waals surface area contributed by atoms with E-state index in [4.69, 9.17) is 0 Å². The highest BCUT2D eigenvalue weighted by molar-refractivity contribution is 5.85. The first kappa shape index (κ1) is 16.0. The summed E-state index contributed by atoms with van der Waals surface area (Å²) in [5, 5.41) is 12.2. The van der Waals surface area contributed by atoms with E-state index in [1.54, 1.807) is 0 Å². The fourth-order valence-electron chi connectivity index (χ4n) is 2.68. The third-order valence-electron chi connectivity index (χ3n) is 4.43. The van der Waals surface area contributed by atoms with Crippen LogP contribution in [0.5, 0.6) is 0 Å². The fourth-order valence-corrected chi connectivity index (χ4v) is 2.68. The Morgan fingerprint density at radius 3 is 2.37 bits per heavy atom. The lowest BCUT2D eigenvalue weighted by molar-refractivity contribution is -0.128. The van der Waals surface area contributed by atoms with E-state index in [0.717, 1.165) is 13.1 Å². The minimum Gasteiger partial charge on any atom is -0.353 e. The van der Waals surface area contributed by atoms with Crippen molar-refractivity contribution >= 4 is 5.91 Å². The summed E-state index contributed by atoms with van der Waals surface area (Å²) in [6.45, 7) is 8.85. The largest absolute Gasteiger partial charge is 0.353 e. The molecule has 19 heavy (non-hydrogen) atoms. The zero-order valence-electron chi connectivity index (χ0n) is 12.5. The van der Waals surface area contributed by atoms with E-state index >= 15 is 0 Å². The Labute approximate surface area is 117 Å². The van der Waals surface area contributed by atoms with Crippen LogP contribution in [0.3, 0.4) is 0 Å². The molecule has 1 saturated heterocycles. The van der Waals surface area contributed by atoms with Crippen LogP contribution in [0, 0.1) is 16.7 Å². The Hall–Kier alpha value is -1.08. The number of rotatable bonds is 6. The van der Waals surface area contributed by atoms with E-state index in [9.17, 15) is 10.1 Å². The molecular weight excluding hydrogens is 238 g/mol. The highest BCUT2D eigenvalue weighted by atomic mass is 16.2. The number of amides is 1. The van der Waals surface area contributed by atoms with Crippen molar-refractivity contribution in [2.45, 2.75) is 58.9 Å². The summed E-state index contributed by atoms with van der Waals surface area (Å²) in [7, 11) is 0. The van der Waals surface area contributed by atoms with Crippen LogP contribution in [0.15, 0.2) is 0 Å². The number of nitriles is 1. The summed E-state index contributed by atoms with van der Waals surface area (Å²) in [6, 6.07) is 2.55. The Morgan fingerprint density at radius 2 is 1.89 bits per heavy atom. The van der Waals surface area contributed by atoms with Crippen molar-refractivity contribution in [2.75, 3.05) is 19.6 Å². The monoisotopic (exact) mass is 265 g/mol. The molecule has 1 N–H and O–H groups in total. The predicted octanol–water partition coefficient (Wildman–Crippen LogP) is 2.31. The standard InChI is InChI=1S/C15H27N3O/c1-4-15(5-2,12-16)14(19)17-11-13(3)18-9-7-6-8-10-18/h13H,4-11H2,1-3H3,(H,17,19). The average molecular weight is 265 g/mol. The van der Waals surface area contributed by atoms with Crippen LogP contribution in [0.2, 0.25) is 0 Å². The Bertz CT molecular complexity index is 325. The molecule has 1 aliphatic heterocycles. The van der Waals surface area contributed by atoms with Crippen LogP contribution in [0.25, 0.3) is 0 Å². The summed E-state index contributed by atoms with van der Waals surface area (Å²) in [6.07, 6.45) is 4.97. The number of nitrogens with one attached hydrogen (secondary N) is 1. The molecule has 1 heterocycles. The number of piperidine rings is 1. The average Bonchev–Trinajstić information content (AvgIpc) is 2.48. The minimum atomic E-state index is -0.846. The van der Waals surface area contributed by atoms with Crippen molar-refractivity contribution in [2.24, 2.45) is 5.41 Å². The third kappa shape index (κ3) is 3.94. The van der Waals surface area contributed by atoms with Gasteiger partial charge in [-0.2, -0.15) is 5.26 Å². The molecule has 1 rings (SSSR count). The number of carbonyl (C=O) groups excluding carboxylic acids is 1. The first-order chi connectivity index (χ1) is 9.09. The Morgan fingerprint density at radius 1 is 1.32 bits per heavy atom. The van der Waals surface area contributed by atoms with Gasteiger partial charge in [0.15, 0.2) is 0 Å². The molecule has 0 saturated carbocycles. The zero-order chi connectivity index (χ0) is 14.3. The quantitative estimate of drug-likeness (QED) is 0.801. The first-order valence-corrected chi connectivity index (χ1v) is 7.53. The normalized spacial score (nSPS) is 18.6. The number of hydrogen-bond donors (Lipinski definition) is 1. The van der Waals surface area contributed by atoms with E-state index < -0.39 is 5.41 Å². The van der Waals surface area contributed by atoms with E-state index in [-0.39, 0.29) is 5.91 Å². The van der Waals surface area contributed by atoms with Gasteiger partial charge in [0.2, 0.25) is 5.91 Å². The zero-order valence-corrected chi connectivity index (χ0v) is 12.5. The van der Waals surface area contributed by atoms with Crippen LogP contribution < -0.4 is 5.32 Å². The molecule has 0 aromatic rings. The molecule has 4 nitrogen and oxygen atoms in total. The number of likely N-dealkylation sites (tertiary alicyclic amines) is 1. The first-order valence-electron chi connectivity index (χ1n) is 7.53. The van der Waals surface area contributed by atoms with Crippen molar-refractivity contribution in [1.29, 1.82) is 5.26 Å². The predicted molar refractivity (Wildman–Crippen MR) is 76.5 cm³/mol.